The zero-order valence-corrected chi connectivity index (χ0v) is 17.3. The fourth-order valence-electron chi connectivity index (χ4n) is 5.60. The number of alkyl carbamates (subject to hydrolysis) is 1. The minimum Gasteiger partial charge on any atom is -0.487 e. The molecule has 1 aliphatic carbocycles. The maximum atomic E-state index is 13.0. The Bertz CT molecular complexity index is 920. The Labute approximate surface area is 178 Å². The first-order valence-electron chi connectivity index (χ1n) is 10.7. The van der Waals surface area contributed by atoms with E-state index in [9.17, 15) is 22.8 Å². The highest BCUT2D eigenvalue weighted by atomic mass is 19.4. The predicted octanol–water partition coefficient (Wildman–Crippen LogP) is 3.53. The van der Waals surface area contributed by atoms with Crippen molar-refractivity contribution in [3.63, 3.8) is 0 Å². The Morgan fingerprint density at radius 1 is 1.23 bits per heavy atom. The second-order valence-electron chi connectivity index (χ2n) is 9.60. The number of hydrogen-bond donors (Lipinski definition) is 1. The van der Waals surface area contributed by atoms with Crippen molar-refractivity contribution in [3.8, 4) is 5.75 Å². The molecule has 1 atom stereocenters. The van der Waals surface area contributed by atoms with Crippen LogP contribution in [-0.2, 0) is 22.1 Å². The highest BCUT2D eigenvalue weighted by Gasteiger charge is 2.54. The monoisotopic (exact) mass is 438 g/mol. The molecule has 3 heterocycles. The summed E-state index contributed by atoms with van der Waals surface area (Å²) < 4.78 is 50.1. The first-order chi connectivity index (χ1) is 14.6. The van der Waals surface area contributed by atoms with Crippen LogP contribution in [0.5, 0.6) is 5.75 Å². The number of amides is 2. The Kier molecular flexibility index (Phi) is 4.47. The van der Waals surface area contributed by atoms with Gasteiger partial charge in [0.15, 0.2) is 0 Å². The van der Waals surface area contributed by atoms with Crippen LogP contribution < -0.4 is 10.1 Å². The number of carbonyl (C=O) groups is 2. The molecule has 4 aliphatic rings. The van der Waals surface area contributed by atoms with Gasteiger partial charge in [-0.05, 0) is 50.3 Å². The lowest BCUT2D eigenvalue weighted by Crippen LogP contribution is -2.59. The number of carbonyl (C=O) groups excluding carboxylic acids is 2. The summed E-state index contributed by atoms with van der Waals surface area (Å²) in [5, 5.41) is 2.81. The third kappa shape index (κ3) is 3.51. The van der Waals surface area contributed by atoms with Crippen LogP contribution in [-0.4, -0.2) is 47.7 Å². The van der Waals surface area contributed by atoms with Crippen LogP contribution in [0.1, 0.15) is 43.7 Å². The molecule has 1 unspecified atom stereocenters. The zero-order valence-electron chi connectivity index (χ0n) is 17.3. The minimum absolute atomic E-state index is 0.0955. The molecule has 3 fully saturated rings. The van der Waals surface area contributed by atoms with E-state index in [0.29, 0.717) is 44.7 Å². The molecule has 1 aromatic carbocycles. The van der Waals surface area contributed by atoms with Crippen molar-refractivity contribution in [2.24, 2.45) is 11.8 Å². The molecule has 5 rings (SSSR count). The van der Waals surface area contributed by atoms with Crippen LogP contribution >= 0.6 is 0 Å². The first kappa shape index (κ1) is 20.5. The lowest BCUT2D eigenvalue weighted by molar-refractivity contribution is -0.143. The fourth-order valence-corrected chi connectivity index (χ4v) is 5.60. The van der Waals surface area contributed by atoms with E-state index < -0.39 is 23.4 Å². The third-order valence-electron chi connectivity index (χ3n) is 7.42. The van der Waals surface area contributed by atoms with Gasteiger partial charge in [0, 0.05) is 31.3 Å². The van der Waals surface area contributed by atoms with Gasteiger partial charge < -0.3 is 19.7 Å². The third-order valence-corrected chi connectivity index (χ3v) is 7.42. The molecule has 0 bridgehead atoms. The normalized spacial score (nSPS) is 32.8. The molecule has 1 aromatic rings. The fraction of sp³-hybridized carbons (Fsp3) is 0.636. The van der Waals surface area contributed by atoms with Crippen molar-refractivity contribution >= 4 is 12.0 Å². The van der Waals surface area contributed by atoms with E-state index in [1.165, 1.54) is 6.07 Å². The van der Waals surface area contributed by atoms with E-state index in [-0.39, 0.29) is 23.3 Å². The Balaban J connectivity index is 1.17. The number of nitrogens with one attached hydrogen (secondary N) is 1. The number of likely N-dealkylation sites (tertiary alicyclic amines) is 1. The van der Waals surface area contributed by atoms with Crippen LogP contribution in [0, 0.1) is 11.8 Å². The molecule has 2 saturated heterocycles. The van der Waals surface area contributed by atoms with E-state index in [1.807, 2.05) is 11.8 Å². The number of alkyl halides is 3. The number of halogens is 3. The molecule has 1 N–H and O–H groups in total. The summed E-state index contributed by atoms with van der Waals surface area (Å²) in [5.74, 6) is 0.493. The Morgan fingerprint density at radius 2 is 1.94 bits per heavy atom. The maximum Gasteiger partial charge on any atom is 0.416 e. The van der Waals surface area contributed by atoms with Crippen molar-refractivity contribution in [2.45, 2.75) is 56.3 Å². The van der Waals surface area contributed by atoms with Crippen molar-refractivity contribution in [3.05, 3.63) is 29.3 Å². The van der Waals surface area contributed by atoms with E-state index >= 15 is 0 Å². The first-order valence-corrected chi connectivity index (χ1v) is 10.7. The molecule has 1 spiro atoms. The number of hydrogen-bond acceptors (Lipinski definition) is 4. The van der Waals surface area contributed by atoms with Gasteiger partial charge in [-0.15, -0.1) is 0 Å². The molecule has 9 heteroatoms. The number of rotatable bonds is 2. The summed E-state index contributed by atoms with van der Waals surface area (Å²) in [4.78, 5) is 26.0. The molecule has 31 heavy (non-hydrogen) atoms. The van der Waals surface area contributed by atoms with Gasteiger partial charge in [0.25, 0.3) is 0 Å². The summed E-state index contributed by atoms with van der Waals surface area (Å²) in [6.45, 7) is 3.50. The van der Waals surface area contributed by atoms with Gasteiger partial charge in [-0.1, -0.05) is 6.07 Å². The number of piperidine rings is 1. The number of benzene rings is 1. The van der Waals surface area contributed by atoms with Crippen LogP contribution in [0.2, 0.25) is 0 Å². The van der Waals surface area contributed by atoms with Crippen molar-refractivity contribution in [1.29, 1.82) is 0 Å². The quantitative estimate of drug-likeness (QED) is 0.767. The SMILES string of the molecule is CC1(C2CCN(C(=O)[C@H]3C[C@]4(COC(=O)N4)C3)CC2)Cc2ccc(C(F)(F)F)cc2O1. The predicted molar refractivity (Wildman–Crippen MR) is 103 cm³/mol. The number of ether oxygens (including phenoxy) is 2. The highest BCUT2D eigenvalue weighted by Crippen LogP contribution is 2.46. The molecular weight excluding hydrogens is 413 g/mol. The minimum atomic E-state index is -4.39. The smallest absolute Gasteiger partial charge is 0.416 e. The zero-order chi connectivity index (χ0) is 22.0. The van der Waals surface area contributed by atoms with E-state index in [1.54, 1.807) is 0 Å². The lowest BCUT2D eigenvalue weighted by Gasteiger charge is -2.46. The number of nitrogens with zero attached hydrogens (tertiary/aromatic N) is 1. The van der Waals surface area contributed by atoms with Gasteiger partial charge >= 0.3 is 12.3 Å². The molecule has 1 saturated carbocycles. The summed E-state index contributed by atoms with van der Waals surface area (Å²) >= 11 is 0. The molecule has 0 radical (unpaired) electrons. The van der Waals surface area contributed by atoms with Gasteiger partial charge in [0.05, 0.1) is 11.1 Å². The molecule has 2 amide bonds. The Hall–Kier alpha value is -2.45. The van der Waals surface area contributed by atoms with Crippen LogP contribution in [0.15, 0.2) is 18.2 Å². The van der Waals surface area contributed by atoms with Crippen LogP contribution in [0.3, 0.4) is 0 Å². The standard InChI is InChI=1S/C22H25F3N2O4/c1-20(9-13-2-3-16(22(23,24)25)8-17(13)31-20)15-4-6-27(7-5-15)18(28)14-10-21(11-14)12-30-19(29)26-21/h2-3,8,14-15H,4-7,9-12H2,1H3,(H,26,29)/t14-,20?,21+. The van der Waals surface area contributed by atoms with Crippen LogP contribution in [0.25, 0.3) is 0 Å². The lowest BCUT2D eigenvalue weighted by atomic mass is 9.68. The van der Waals surface area contributed by atoms with Crippen molar-refractivity contribution in [1.82, 2.24) is 10.2 Å². The molecular formula is C22H25F3N2O4. The van der Waals surface area contributed by atoms with Gasteiger partial charge in [0.2, 0.25) is 5.91 Å². The summed E-state index contributed by atoms with van der Waals surface area (Å²) in [6.07, 6.45) is -1.52. The van der Waals surface area contributed by atoms with Gasteiger partial charge in [0.1, 0.15) is 18.0 Å². The maximum absolute atomic E-state index is 13.0. The van der Waals surface area contributed by atoms with E-state index in [4.69, 9.17) is 9.47 Å². The van der Waals surface area contributed by atoms with E-state index in [2.05, 4.69) is 5.32 Å². The Morgan fingerprint density at radius 3 is 2.55 bits per heavy atom. The highest BCUT2D eigenvalue weighted by molar-refractivity contribution is 5.81. The van der Waals surface area contributed by atoms with Crippen LogP contribution in [0.4, 0.5) is 18.0 Å². The summed E-state index contributed by atoms with van der Waals surface area (Å²) in [5.41, 5.74) is -0.831. The second-order valence-corrected chi connectivity index (χ2v) is 9.60. The van der Waals surface area contributed by atoms with E-state index in [0.717, 1.165) is 30.5 Å². The van der Waals surface area contributed by atoms with Crippen molar-refractivity contribution < 1.29 is 32.2 Å². The number of fused-ring (bicyclic) bond motifs is 1. The molecule has 3 aliphatic heterocycles. The summed E-state index contributed by atoms with van der Waals surface area (Å²) in [7, 11) is 0. The van der Waals surface area contributed by atoms with Gasteiger partial charge in [-0.25, -0.2) is 4.79 Å². The largest absolute Gasteiger partial charge is 0.487 e. The average molecular weight is 438 g/mol. The number of cyclic esters (lactones) is 1. The topological polar surface area (TPSA) is 67.9 Å². The molecule has 0 aromatic heterocycles. The average Bonchev–Trinajstić information content (AvgIpc) is 3.25. The second kappa shape index (κ2) is 6.77. The van der Waals surface area contributed by atoms with Gasteiger partial charge in [-0.2, -0.15) is 13.2 Å². The summed E-state index contributed by atoms with van der Waals surface area (Å²) in [6, 6.07) is 3.72. The van der Waals surface area contributed by atoms with Crippen molar-refractivity contribution in [2.75, 3.05) is 19.7 Å². The van der Waals surface area contributed by atoms with Gasteiger partial charge in [-0.3, -0.25) is 4.79 Å². The molecule has 6 nitrogen and oxygen atoms in total. The molecule has 168 valence electrons.